The van der Waals surface area contributed by atoms with Gasteiger partial charge in [-0.1, -0.05) is 26.7 Å². The summed E-state index contributed by atoms with van der Waals surface area (Å²) in [6.45, 7) is 6.51. The van der Waals surface area contributed by atoms with Gasteiger partial charge in [-0.2, -0.15) is 0 Å². The molecule has 0 aromatic carbocycles. The predicted octanol–water partition coefficient (Wildman–Crippen LogP) is 4.53. The minimum Gasteiger partial charge on any atom is -0.381 e. The van der Waals surface area contributed by atoms with Crippen LogP contribution in [-0.4, -0.2) is 11.0 Å². The molecule has 2 nitrogen and oxygen atoms in total. The minimum atomic E-state index is 0.580. The van der Waals surface area contributed by atoms with E-state index in [0.29, 0.717) is 6.04 Å². The summed E-state index contributed by atoms with van der Waals surface area (Å²) in [7, 11) is 0. The van der Waals surface area contributed by atoms with Crippen LogP contribution in [0.4, 0.5) is 5.69 Å². The van der Waals surface area contributed by atoms with Crippen molar-refractivity contribution in [2.75, 3.05) is 5.32 Å². The van der Waals surface area contributed by atoms with E-state index in [1.165, 1.54) is 25.7 Å². The number of aryl methyl sites for hydroxylation is 1. The van der Waals surface area contributed by atoms with Crippen LogP contribution in [0.2, 0.25) is 0 Å². The van der Waals surface area contributed by atoms with E-state index in [4.69, 9.17) is 0 Å². The molecular formula is C13H21BrN2. The monoisotopic (exact) mass is 284 g/mol. The van der Waals surface area contributed by atoms with Crippen molar-refractivity contribution in [2.45, 2.75) is 52.5 Å². The summed E-state index contributed by atoms with van der Waals surface area (Å²) in [6.07, 6.45) is 4.90. The zero-order valence-electron chi connectivity index (χ0n) is 10.4. The number of nitrogens with zero attached hydrogens (tertiary/aromatic N) is 1. The fraction of sp³-hybridized carbons (Fsp3) is 0.615. The van der Waals surface area contributed by atoms with Crippen LogP contribution >= 0.6 is 15.9 Å². The fourth-order valence-corrected chi connectivity index (χ4v) is 2.29. The lowest BCUT2D eigenvalue weighted by Gasteiger charge is -2.19. The molecule has 0 aliphatic rings. The molecule has 90 valence electrons. The lowest BCUT2D eigenvalue weighted by Crippen LogP contribution is -2.19. The Morgan fingerprint density at radius 3 is 2.38 bits per heavy atom. The molecule has 0 saturated carbocycles. The molecule has 16 heavy (non-hydrogen) atoms. The largest absolute Gasteiger partial charge is 0.381 e. The average molecular weight is 285 g/mol. The number of nitrogens with one attached hydrogen (secondary N) is 1. The van der Waals surface area contributed by atoms with Gasteiger partial charge in [0.1, 0.15) is 4.60 Å². The molecule has 0 amide bonds. The summed E-state index contributed by atoms with van der Waals surface area (Å²) in [5.74, 6) is 0. The van der Waals surface area contributed by atoms with E-state index < -0.39 is 0 Å². The molecule has 0 radical (unpaired) electrons. The Kier molecular flexibility index (Phi) is 5.81. The molecule has 1 aromatic heterocycles. The fourth-order valence-electron chi connectivity index (χ4n) is 1.89. The zero-order valence-corrected chi connectivity index (χ0v) is 12.0. The van der Waals surface area contributed by atoms with E-state index in [1.54, 1.807) is 0 Å². The maximum atomic E-state index is 4.40. The first-order chi connectivity index (χ1) is 7.67. The molecule has 0 bridgehead atoms. The SMILES string of the molecule is CCCC(CCC)Nc1ccc(Br)nc1C. The number of anilines is 1. The van der Waals surface area contributed by atoms with Crippen LogP contribution in [0.25, 0.3) is 0 Å². The molecule has 1 N–H and O–H groups in total. The molecule has 0 saturated heterocycles. The standard InChI is InChI=1S/C13H21BrN2/c1-4-6-11(7-5-2)16-12-8-9-13(14)15-10(12)3/h8-9,11,16H,4-7H2,1-3H3. The molecule has 0 atom stereocenters. The van der Waals surface area contributed by atoms with Gasteiger partial charge in [0.15, 0.2) is 0 Å². The number of rotatable bonds is 6. The molecule has 1 rings (SSSR count). The summed E-state index contributed by atoms with van der Waals surface area (Å²) < 4.78 is 0.901. The first-order valence-electron chi connectivity index (χ1n) is 6.07. The Balaban J connectivity index is 2.68. The van der Waals surface area contributed by atoms with E-state index >= 15 is 0 Å². The summed E-state index contributed by atoms with van der Waals surface area (Å²) in [5.41, 5.74) is 2.22. The Hall–Kier alpha value is -0.570. The normalized spacial score (nSPS) is 10.8. The highest BCUT2D eigenvalue weighted by molar-refractivity contribution is 9.10. The first kappa shape index (κ1) is 13.5. The summed E-state index contributed by atoms with van der Waals surface area (Å²) >= 11 is 3.39. The topological polar surface area (TPSA) is 24.9 Å². The number of pyridine rings is 1. The van der Waals surface area contributed by atoms with Crippen LogP contribution in [0.3, 0.4) is 0 Å². The van der Waals surface area contributed by atoms with Crippen LogP contribution in [0.5, 0.6) is 0 Å². The van der Waals surface area contributed by atoms with Gasteiger partial charge < -0.3 is 5.32 Å². The highest BCUT2D eigenvalue weighted by Gasteiger charge is 2.08. The van der Waals surface area contributed by atoms with E-state index in [9.17, 15) is 0 Å². The molecule has 1 aromatic rings. The molecular weight excluding hydrogens is 264 g/mol. The molecule has 0 spiro atoms. The van der Waals surface area contributed by atoms with Crippen molar-refractivity contribution in [1.29, 1.82) is 0 Å². The van der Waals surface area contributed by atoms with Gasteiger partial charge in [-0.25, -0.2) is 4.98 Å². The van der Waals surface area contributed by atoms with Crippen LogP contribution in [0, 0.1) is 6.92 Å². The van der Waals surface area contributed by atoms with E-state index in [-0.39, 0.29) is 0 Å². The van der Waals surface area contributed by atoms with Gasteiger partial charge in [-0.15, -0.1) is 0 Å². The zero-order chi connectivity index (χ0) is 12.0. The Morgan fingerprint density at radius 2 is 1.88 bits per heavy atom. The Bertz CT molecular complexity index is 320. The number of halogens is 1. The van der Waals surface area contributed by atoms with Crippen molar-refractivity contribution in [3.63, 3.8) is 0 Å². The Morgan fingerprint density at radius 1 is 1.25 bits per heavy atom. The average Bonchev–Trinajstić information content (AvgIpc) is 2.23. The predicted molar refractivity (Wildman–Crippen MR) is 73.9 cm³/mol. The molecule has 0 unspecified atom stereocenters. The minimum absolute atomic E-state index is 0.580. The lowest BCUT2D eigenvalue weighted by molar-refractivity contribution is 0.585. The van der Waals surface area contributed by atoms with E-state index in [1.807, 2.05) is 13.0 Å². The maximum Gasteiger partial charge on any atom is 0.106 e. The van der Waals surface area contributed by atoms with Crippen molar-refractivity contribution in [3.8, 4) is 0 Å². The quantitative estimate of drug-likeness (QED) is 0.776. The van der Waals surface area contributed by atoms with Crippen LogP contribution in [0.1, 0.15) is 45.2 Å². The smallest absolute Gasteiger partial charge is 0.106 e. The second-order valence-corrected chi connectivity index (χ2v) is 5.00. The van der Waals surface area contributed by atoms with Crippen LogP contribution in [0.15, 0.2) is 16.7 Å². The van der Waals surface area contributed by atoms with Crippen molar-refractivity contribution in [3.05, 3.63) is 22.4 Å². The Labute approximate surface area is 107 Å². The molecule has 0 aliphatic heterocycles. The van der Waals surface area contributed by atoms with Crippen molar-refractivity contribution < 1.29 is 0 Å². The molecule has 0 aliphatic carbocycles. The van der Waals surface area contributed by atoms with E-state index in [2.05, 4.69) is 46.1 Å². The third-order valence-corrected chi connectivity index (χ3v) is 3.13. The van der Waals surface area contributed by atoms with Gasteiger partial charge in [0, 0.05) is 6.04 Å². The summed E-state index contributed by atoms with van der Waals surface area (Å²) in [6, 6.07) is 4.67. The summed E-state index contributed by atoms with van der Waals surface area (Å²) in [4.78, 5) is 4.40. The lowest BCUT2D eigenvalue weighted by atomic mass is 10.1. The number of aromatic nitrogens is 1. The maximum absolute atomic E-state index is 4.40. The second kappa shape index (κ2) is 6.89. The van der Waals surface area contributed by atoms with Gasteiger partial charge in [0.05, 0.1) is 11.4 Å². The van der Waals surface area contributed by atoms with E-state index in [0.717, 1.165) is 16.0 Å². The van der Waals surface area contributed by atoms with Gasteiger partial charge >= 0.3 is 0 Å². The summed E-state index contributed by atoms with van der Waals surface area (Å²) in [5, 5.41) is 3.59. The highest BCUT2D eigenvalue weighted by Crippen LogP contribution is 2.19. The van der Waals surface area contributed by atoms with Crippen LogP contribution in [-0.2, 0) is 0 Å². The van der Waals surface area contributed by atoms with Crippen molar-refractivity contribution >= 4 is 21.6 Å². The molecule has 3 heteroatoms. The highest BCUT2D eigenvalue weighted by atomic mass is 79.9. The molecule has 0 fully saturated rings. The van der Waals surface area contributed by atoms with Gasteiger partial charge in [0.2, 0.25) is 0 Å². The third kappa shape index (κ3) is 4.12. The van der Waals surface area contributed by atoms with Crippen molar-refractivity contribution in [2.24, 2.45) is 0 Å². The first-order valence-corrected chi connectivity index (χ1v) is 6.86. The van der Waals surface area contributed by atoms with Gasteiger partial charge in [0.25, 0.3) is 0 Å². The second-order valence-electron chi connectivity index (χ2n) is 4.19. The van der Waals surface area contributed by atoms with Gasteiger partial charge in [-0.3, -0.25) is 0 Å². The molecule has 1 heterocycles. The number of hydrogen-bond acceptors (Lipinski definition) is 2. The third-order valence-electron chi connectivity index (χ3n) is 2.69. The van der Waals surface area contributed by atoms with Gasteiger partial charge in [-0.05, 0) is 47.8 Å². The van der Waals surface area contributed by atoms with Crippen molar-refractivity contribution in [1.82, 2.24) is 4.98 Å². The number of hydrogen-bond donors (Lipinski definition) is 1. The van der Waals surface area contributed by atoms with Crippen LogP contribution < -0.4 is 5.32 Å².